The highest BCUT2D eigenvalue weighted by atomic mass is 32.2. The van der Waals surface area contributed by atoms with Crippen molar-refractivity contribution in [2.24, 2.45) is 0 Å². The van der Waals surface area contributed by atoms with Crippen molar-refractivity contribution in [3.05, 3.63) is 46.3 Å². The number of hydrogen-bond acceptors (Lipinski definition) is 6. The van der Waals surface area contributed by atoms with Crippen molar-refractivity contribution in [1.82, 2.24) is 9.62 Å². The molecule has 0 radical (unpaired) electrons. The van der Waals surface area contributed by atoms with Gasteiger partial charge >= 0.3 is 0 Å². The van der Waals surface area contributed by atoms with E-state index in [4.69, 9.17) is 4.74 Å². The first kappa shape index (κ1) is 21.3. The van der Waals surface area contributed by atoms with Crippen molar-refractivity contribution in [1.29, 1.82) is 0 Å². The molecule has 2 heterocycles. The van der Waals surface area contributed by atoms with E-state index in [0.29, 0.717) is 42.8 Å². The molecule has 0 bridgehead atoms. The molecule has 28 heavy (non-hydrogen) atoms. The fourth-order valence-corrected chi connectivity index (χ4v) is 6.56. The van der Waals surface area contributed by atoms with E-state index in [2.05, 4.69) is 23.5 Å². The lowest BCUT2D eigenvalue weighted by atomic mass is 10.2. The summed E-state index contributed by atoms with van der Waals surface area (Å²) in [5.41, 5.74) is 2.32. The third-order valence-corrected chi connectivity index (χ3v) is 8.97. The maximum Gasteiger partial charge on any atom is 0.252 e. The molecule has 1 fully saturated rings. The van der Waals surface area contributed by atoms with Gasteiger partial charge in [0.1, 0.15) is 4.21 Å². The van der Waals surface area contributed by atoms with Gasteiger partial charge in [-0.25, -0.2) is 8.42 Å². The van der Waals surface area contributed by atoms with E-state index in [1.165, 1.54) is 33.0 Å². The maximum absolute atomic E-state index is 12.6. The second kappa shape index (κ2) is 9.41. The lowest BCUT2D eigenvalue weighted by Gasteiger charge is -2.25. The van der Waals surface area contributed by atoms with Crippen LogP contribution in [-0.2, 0) is 26.1 Å². The van der Waals surface area contributed by atoms with Gasteiger partial charge in [0.25, 0.3) is 10.0 Å². The molecule has 1 saturated heterocycles. The molecule has 1 amide bonds. The number of amides is 1. The van der Waals surface area contributed by atoms with Crippen LogP contribution in [0.4, 0.5) is 0 Å². The Morgan fingerprint density at radius 1 is 1.21 bits per heavy atom. The quantitative estimate of drug-likeness (QED) is 0.670. The molecule has 3 rings (SSSR count). The highest BCUT2D eigenvalue weighted by Gasteiger charge is 2.27. The first-order valence-electron chi connectivity index (χ1n) is 8.99. The van der Waals surface area contributed by atoms with Gasteiger partial charge in [0.05, 0.1) is 25.5 Å². The van der Waals surface area contributed by atoms with Gasteiger partial charge in [0.15, 0.2) is 0 Å². The molecule has 1 N–H and O–H groups in total. The summed E-state index contributed by atoms with van der Waals surface area (Å²) in [4.78, 5) is 14.1. The van der Waals surface area contributed by atoms with Crippen LogP contribution in [-0.4, -0.2) is 50.7 Å². The van der Waals surface area contributed by atoms with E-state index >= 15 is 0 Å². The minimum absolute atomic E-state index is 0.0723. The van der Waals surface area contributed by atoms with Gasteiger partial charge in [-0.2, -0.15) is 4.31 Å². The van der Waals surface area contributed by atoms with Crippen LogP contribution >= 0.6 is 23.1 Å². The third kappa shape index (κ3) is 5.36. The molecule has 1 aliphatic heterocycles. The number of ether oxygens (including phenoxy) is 1. The van der Waals surface area contributed by atoms with Crippen molar-refractivity contribution < 1.29 is 17.9 Å². The fraction of sp³-hybridized carbons (Fsp3) is 0.421. The van der Waals surface area contributed by atoms with Crippen LogP contribution in [0.15, 0.2) is 39.4 Å². The Bertz CT molecular complexity index is 934. The molecule has 1 aromatic heterocycles. The van der Waals surface area contributed by atoms with Crippen LogP contribution in [0, 0.1) is 13.8 Å². The Hall–Kier alpha value is -1.39. The van der Waals surface area contributed by atoms with Gasteiger partial charge in [-0.3, -0.25) is 4.79 Å². The molecule has 6 nitrogen and oxygen atoms in total. The van der Waals surface area contributed by atoms with Gasteiger partial charge < -0.3 is 10.1 Å². The molecule has 1 aliphatic rings. The highest BCUT2D eigenvalue weighted by Crippen LogP contribution is 2.26. The zero-order valence-corrected chi connectivity index (χ0v) is 18.4. The molecule has 1 aromatic carbocycles. The molecule has 0 atom stereocenters. The molecule has 0 spiro atoms. The summed E-state index contributed by atoms with van der Waals surface area (Å²) in [5.74, 6) is 0.256. The normalized spacial score (nSPS) is 15.5. The molecule has 0 unspecified atom stereocenters. The molecular weight excluding hydrogens is 416 g/mol. The SMILES string of the molecule is Cc1ccc(C)c(SCC(=O)NCc2ccc(S(=O)(=O)N3CCOCC3)s2)c1. The summed E-state index contributed by atoms with van der Waals surface area (Å²) in [6, 6.07) is 9.56. The Morgan fingerprint density at radius 2 is 1.96 bits per heavy atom. The topological polar surface area (TPSA) is 75.7 Å². The average Bonchev–Trinajstić information content (AvgIpc) is 3.18. The lowest BCUT2D eigenvalue weighted by molar-refractivity contribution is -0.118. The number of sulfonamides is 1. The predicted molar refractivity (Wildman–Crippen MR) is 112 cm³/mol. The van der Waals surface area contributed by atoms with E-state index in [1.54, 1.807) is 12.1 Å². The number of thioether (sulfide) groups is 1. The molecule has 152 valence electrons. The summed E-state index contributed by atoms with van der Waals surface area (Å²) >= 11 is 2.71. The monoisotopic (exact) mass is 440 g/mol. The van der Waals surface area contributed by atoms with Gasteiger partial charge in [0, 0.05) is 22.9 Å². The number of nitrogens with one attached hydrogen (secondary N) is 1. The Labute approximate surface area is 174 Å². The number of carbonyl (C=O) groups excluding carboxylic acids is 1. The number of morpholine rings is 1. The summed E-state index contributed by atoms with van der Waals surface area (Å²) in [6.45, 7) is 5.99. The number of thiophene rings is 1. The summed E-state index contributed by atoms with van der Waals surface area (Å²) in [6.07, 6.45) is 0. The zero-order valence-electron chi connectivity index (χ0n) is 15.9. The molecule has 0 saturated carbocycles. The predicted octanol–water partition coefficient (Wildman–Crippen LogP) is 2.79. The second-order valence-electron chi connectivity index (χ2n) is 6.57. The number of hydrogen-bond donors (Lipinski definition) is 1. The van der Waals surface area contributed by atoms with Crippen LogP contribution in [0.5, 0.6) is 0 Å². The molecular formula is C19H24N2O4S3. The molecule has 0 aliphatic carbocycles. The van der Waals surface area contributed by atoms with Gasteiger partial charge in [-0.05, 0) is 37.6 Å². The summed E-state index contributed by atoms with van der Waals surface area (Å²) < 4.78 is 32.3. The summed E-state index contributed by atoms with van der Waals surface area (Å²) in [7, 11) is -3.48. The van der Waals surface area contributed by atoms with E-state index in [1.807, 2.05) is 13.8 Å². The van der Waals surface area contributed by atoms with E-state index < -0.39 is 10.0 Å². The lowest BCUT2D eigenvalue weighted by Crippen LogP contribution is -2.40. The fourth-order valence-electron chi connectivity index (χ4n) is 2.75. The summed E-state index contributed by atoms with van der Waals surface area (Å²) in [5, 5.41) is 2.87. The second-order valence-corrected chi connectivity index (χ2v) is 10.9. The van der Waals surface area contributed by atoms with Crippen molar-refractivity contribution in [3.63, 3.8) is 0 Å². The first-order valence-corrected chi connectivity index (χ1v) is 12.2. The number of aryl methyl sites for hydroxylation is 2. The Morgan fingerprint density at radius 3 is 2.71 bits per heavy atom. The van der Waals surface area contributed by atoms with E-state index in [0.717, 1.165) is 15.3 Å². The smallest absolute Gasteiger partial charge is 0.252 e. The van der Waals surface area contributed by atoms with E-state index in [-0.39, 0.29) is 5.91 Å². The van der Waals surface area contributed by atoms with Gasteiger partial charge in [-0.1, -0.05) is 17.7 Å². The van der Waals surface area contributed by atoms with Crippen molar-refractivity contribution in [2.45, 2.75) is 29.5 Å². The average molecular weight is 441 g/mol. The number of carbonyl (C=O) groups is 1. The van der Waals surface area contributed by atoms with E-state index in [9.17, 15) is 13.2 Å². The van der Waals surface area contributed by atoms with Crippen LogP contribution in [0.3, 0.4) is 0 Å². The highest BCUT2D eigenvalue weighted by molar-refractivity contribution is 8.00. The van der Waals surface area contributed by atoms with Gasteiger partial charge in [0.2, 0.25) is 5.91 Å². The Balaban J connectivity index is 1.52. The molecule has 2 aromatic rings. The van der Waals surface area contributed by atoms with Crippen LogP contribution in [0.25, 0.3) is 0 Å². The minimum Gasteiger partial charge on any atom is -0.379 e. The number of benzene rings is 1. The largest absolute Gasteiger partial charge is 0.379 e. The third-order valence-electron chi connectivity index (χ3n) is 4.36. The zero-order chi connectivity index (χ0) is 20.1. The molecule has 9 heteroatoms. The van der Waals surface area contributed by atoms with Crippen molar-refractivity contribution in [3.8, 4) is 0 Å². The minimum atomic E-state index is -3.48. The Kier molecular flexibility index (Phi) is 7.16. The number of rotatable bonds is 7. The van der Waals surface area contributed by atoms with Crippen LogP contribution < -0.4 is 5.32 Å². The van der Waals surface area contributed by atoms with Crippen LogP contribution in [0.1, 0.15) is 16.0 Å². The van der Waals surface area contributed by atoms with Crippen molar-refractivity contribution in [2.75, 3.05) is 32.1 Å². The van der Waals surface area contributed by atoms with Crippen molar-refractivity contribution >= 4 is 39.0 Å². The van der Waals surface area contributed by atoms with Crippen LogP contribution in [0.2, 0.25) is 0 Å². The van der Waals surface area contributed by atoms with Gasteiger partial charge in [-0.15, -0.1) is 23.1 Å². The number of nitrogens with zero attached hydrogens (tertiary/aromatic N) is 1. The first-order chi connectivity index (χ1) is 13.4. The maximum atomic E-state index is 12.6. The standard InChI is InChI=1S/C19H24N2O4S3/c1-14-3-4-15(2)17(11-14)26-13-18(22)20-12-16-5-6-19(27-16)28(23,24)21-7-9-25-10-8-21/h3-6,11H,7-10,12-13H2,1-2H3,(H,20,22).